The Morgan fingerprint density at radius 3 is 2.55 bits per heavy atom. The highest BCUT2D eigenvalue weighted by Gasteiger charge is 2.17. The molecule has 0 aliphatic carbocycles. The SMILES string of the molecule is Cc1noc(-c2cccn3c(CNC(=O)c4ccc(C(C)(C)C)cc4)nnc23)n1. The standard InChI is InChI=1S/C21H22N6O2/c1-13-23-20(29-26-13)16-6-5-11-27-17(24-25-18(16)27)12-22-19(28)14-7-9-15(10-8-14)21(2,3)4/h5-11H,12H2,1-4H3,(H,22,28). The number of nitrogens with one attached hydrogen (secondary N) is 1. The van der Waals surface area contributed by atoms with Crippen molar-refractivity contribution < 1.29 is 9.32 Å². The number of carbonyl (C=O) groups excluding carboxylic acids is 1. The van der Waals surface area contributed by atoms with Gasteiger partial charge in [0.05, 0.1) is 12.1 Å². The number of carbonyl (C=O) groups is 1. The van der Waals surface area contributed by atoms with Gasteiger partial charge in [-0.05, 0) is 42.2 Å². The number of hydrogen-bond donors (Lipinski definition) is 1. The lowest BCUT2D eigenvalue weighted by Gasteiger charge is -2.19. The summed E-state index contributed by atoms with van der Waals surface area (Å²) in [7, 11) is 0. The van der Waals surface area contributed by atoms with Gasteiger partial charge in [-0.25, -0.2) is 0 Å². The van der Waals surface area contributed by atoms with Gasteiger partial charge in [-0.1, -0.05) is 38.1 Å². The van der Waals surface area contributed by atoms with Crippen molar-refractivity contribution in [2.24, 2.45) is 0 Å². The van der Waals surface area contributed by atoms with E-state index in [1.807, 2.05) is 42.6 Å². The summed E-state index contributed by atoms with van der Waals surface area (Å²) < 4.78 is 7.05. The zero-order chi connectivity index (χ0) is 20.6. The smallest absolute Gasteiger partial charge is 0.261 e. The normalized spacial score (nSPS) is 11.7. The fourth-order valence-corrected chi connectivity index (χ4v) is 3.04. The van der Waals surface area contributed by atoms with Gasteiger partial charge in [0.2, 0.25) is 0 Å². The number of pyridine rings is 1. The molecule has 29 heavy (non-hydrogen) atoms. The summed E-state index contributed by atoms with van der Waals surface area (Å²) in [6.07, 6.45) is 1.83. The first-order valence-corrected chi connectivity index (χ1v) is 9.35. The minimum absolute atomic E-state index is 0.0457. The second kappa shape index (κ2) is 7.12. The first kappa shape index (κ1) is 18.8. The molecular formula is C21H22N6O2. The van der Waals surface area contributed by atoms with Crippen molar-refractivity contribution in [3.8, 4) is 11.5 Å². The molecule has 0 radical (unpaired) electrons. The molecule has 1 amide bonds. The molecule has 0 aliphatic heterocycles. The Kier molecular flexibility index (Phi) is 4.62. The van der Waals surface area contributed by atoms with E-state index in [1.165, 1.54) is 5.56 Å². The Balaban J connectivity index is 1.52. The van der Waals surface area contributed by atoms with Crippen LogP contribution < -0.4 is 5.32 Å². The molecule has 0 spiro atoms. The Morgan fingerprint density at radius 1 is 1.14 bits per heavy atom. The zero-order valence-corrected chi connectivity index (χ0v) is 16.8. The first-order chi connectivity index (χ1) is 13.8. The molecule has 0 fully saturated rings. The lowest BCUT2D eigenvalue weighted by Crippen LogP contribution is -2.24. The monoisotopic (exact) mass is 390 g/mol. The molecule has 3 heterocycles. The molecule has 0 aliphatic rings. The van der Waals surface area contributed by atoms with Crippen LogP contribution in [0, 0.1) is 6.92 Å². The van der Waals surface area contributed by atoms with E-state index < -0.39 is 0 Å². The van der Waals surface area contributed by atoms with Crippen LogP contribution in [-0.4, -0.2) is 30.6 Å². The van der Waals surface area contributed by atoms with Crippen molar-refractivity contribution in [1.29, 1.82) is 0 Å². The van der Waals surface area contributed by atoms with Gasteiger partial charge >= 0.3 is 0 Å². The van der Waals surface area contributed by atoms with Gasteiger partial charge in [-0.15, -0.1) is 10.2 Å². The third-order valence-electron chi connectivity index (χ3n) is 4.68. The third-order valence-corrected chi connectivity index (χ3v) is 4.68. The van der Waals surface area contributed by atoms with E-state index >= 15 is 0 Å². The van der Waals surface area contributed by atoms with Crippen molar-refractivity contribution >= 4 is 11.6 Å². The predicted octanol–water partition coefficient (Wildman–Crippen LogP) is 3.32. The maximum atomic E-state index is 12.5. The number of rotatable bonds is 4. The van der Waals surface area contributed by atoms with Gasteiger partial charge in [0, 0.05) is 11.8 Å². The van der Waals surface area contributed by atoms with Gasteiger partial charge in [-0.2, -0.15) is 4.98 Å². The zero-order valence-electron chi connectivity index (χ0n) is 16.8. The molecule has 4 aromatic rings. The van der Waals surface area contributed by atoms with Crippen LogP contribution in [0.25, 0.3) is 17.1 Å². The van der Waals surface area contributed by atoms with E-state index in [1.54, 1.807) is 11.3 Å². The molecule has 148 valence electrons. The lowest BCUT2D eigenvalue weighted by atomic mass is 9.87. The van der Waals surface area contributed by atoms with E-state index in [4.69, 9.17) is 4.52 Å². The van der Waals surface area contributed by atoms with E-state index in [0.29, 0.717) is 34.3 Å². The average molecular weight is 390 g/mol. The van der Waals surface area contributed by atoms with Crippen LogP contribution in [0.5, 0.6) is 0 Å². The molecule has 0 saturated carbocycles. The summed E-state index contributed by atoms with van der Waals surface area (Å²) >= 11 is 0. The second-order valence-electron chi connectivity index (χ2n) is 7.89. The molecule has 8 heteroatoms. The molecule has 1 N–H and O–H groups in total. The number of fused-ring (bicyclic) bond motifs is 1. The van der Waals surface area contributed by atoms with Crippen molar-refractivity contribution in [3.05, 3.63) is 65.4 Å². The third kappa shape index (κ3) is 3.73. The Morgan fingerprint density at radius 2 is 1.90 bits per heavy atom. The van der Waals surface area contributed by atoms with Crippen LogP contribution >= 0.6 is 0 Å². The van der Waals surface area contributed by atoms with Crippen molar-refractivity contribution in [3.63, 3.8) is 0 Å². The number of aryl methyl sites for hydroxylation is 1. The Hall–Kier alpha value is -3.55. The Labute approximate surface area is 168 Å². The van der Waals surface area contributed by atoms with Gasteiger partial charge in [0.15, 0.2) is 17.3 Å². The summed E-state index contributed by atoms with van der Waals surface area (Å²) in [6, 6.07) is 11.3. The summed E-state index contributed by atoms with van der Waals surface area (Å²) in [4.78, 5) is 16.8. The van der Waals surface area contributed by atoms with Crippen LogP contribution in [0.1, 0.15) is 48.3 Å². The second-order valence-corrected chi connectivity index (χ2v) is 7.89. The highest BCUT2D eigenvalue weighted by molar-refractivity contribution is 5.94. The summed E-state index contributed by atoms with van der Waals surface area (Å²) in [5.74, 6) is 1.38. The highest BCUT2D eigenvalue weighted by atomic mass is 16.5. The Bertz CT molecular complexity index is 1170. The molecule has 1 aromatic carbocycles. The van der Waals surface area contributed by atoms with Crippen molar-refractivity contribution in [1.82, 2.24) is 30.1 Å². The highest BCUT2D eigenvalue weighted by Crippen LogP contribution is 2.23. The summed E-state index contributed by atoms with van der Waals surface area (Å²) in [5.41, 5.74) is 3.12. The fraction of sp³-hybridized carbons (Fsp3) is 0.286. The fourth-order valence-electron chi connectivity index (χ4n) is 3.04. The van der Waals surface area contributed by atoms with Gasteiger partial charge in [-0.3, -0.25) is 9.20 Å². The molecule has 3 aromatic heterocycles. The number of amides is 1. The van der Waals surface area contributed by atoms with E-state index in [0.717, 1.165) is 0 Å². The minimum Gasteiger partial charge on any atom is -0.345 e. The molecular weight excluding hydrogens is 368 g/mol. The van der Waals surface area contributed by atoms with Crippen LogP contribution in [0.2, 0.25) is 0 Å². The van der Waals surface area contributed by atoms with E-state index in [2.05, 4.69) is 46.4 Å². The minimum atomic E-state index is -0.161. The first-order valence-electron chi connectivity index (χ1n) is 9.35. The number of aromatic nitrogens is 5. The van der Waals surface area contributed by atoms with Crippen LogP contribution in [0.3, 0.4) is 0 Å². The topological polar surface area (TPSA) is 98.2 Å². The molecule has 4 rings (SSSR count). The molecule has 0 bridgehead atoms. The maximum Gasteiger partial charge on any atom is 0.261 e. The average Bonchev–Trinajstić information content (AvgIpc) is 3.31. The predicted molar refractivity (Wildman–Crippen MR) is 107 cm³/mol. The van der Waals surface area contributed by atoms with Crippen LogP contribution in [0.4, 0.5) is 0 Å². The van der Waals surface area contributed by atoms with Gasteiger partial charge in [0.25, 0.3) is 11.8 Å². The van der Waals surface area contributed by atoms with Crippen LogP contribution in [-0.2, 0) is 12.0 Å². The quantitative estimate of drug-likeness (QED) is 0.574. The van der Waals surface area contributed by atoms with E-state index in [9.17, 15) is 4.79 Å². The van der Waals surface area contributed by atoms with Crippen LogP contribution in [0.15, 0.2) is 47.1 Å². The molecule has 0 unspecified atom stereocenters. The number of benzene rings is 1. The largest absolute Gasteiger partial charge is 0.345 e. The summed E-state index contributed by atoms with van der Waals surface area (Å²) in [5, 5.41) is 15.2. The number of hydrogen-bond acceptors (Lipinski definition) is 6. The van der Waals surface area contributed by atoms with Gasteiger partial charge in [0.1, 0.15) is 0 Å². The van der Waals surface area contributed by atoms with E-state index in [-0.39, 0.29) is 17.9 Å². The van der Waals surface area contributed by atoms with Gasteiger partial charge < -0.3 is 9.84 Å². The van der Waals surface area contributed by atoms with Crippen molar-refractivity contribution in [2.45, 2.75) is 39.7 Å². The molecule has 0 saturated heterocycles. The maximum absolute atomic E-state index is 12.5. The van der Waals surface area contributed by atoms with Crippen molar-refractivity contribution in [2.75, 3.05) is 0 Å². The molecule has 8 nitrogen and oxygen atoms in total. The molecule has 0 atom stereocenters. The summed E-state index contributed by atoms with van der Waals surface area (Å²) in [6.45, 7) is 8.42. The lowest BCUT2D eigenvalue weighted by molar-refractivity contribution is 0.0949. The number of nitrogens with zero attached hydrogens (tertiary/aromatic N) is 5.